The van der Waals surface area contributed by atoms with Gasteiger partial charge < -0.3 is 15.4 Å². The predicted octanol–water partition coefficient (Wildman–Crippen LogP) is 5.10. The molecule has 1 aliphatic carbocycles. The molecule has 1 aromatic heterocycles. The molecule has 0 spiro atoms. The fraction of sp³-hybridized carbons (Fsp3) is 0.333. The predicted molar refractivity (Wildman–Crippen MR) is 132 cm³/mol. The SMILES string of the molecule is COc1nc(C2(Br)C=CC=C(c3ccccc3Cl)C2Cl)c(F)cc1CNC[C@@H]1CCC(=O)N1. The molecule has 1 saturated heterocycles. The Kier molecular flexibility index (Phi) is 7.43. The summed E-state index contributed by atoms with van der Waals surface area (Å²) in [6, 6.07) is 8.87. The maximum Gasteiger partial charge on any atom is 0.220 e. The van der Waals surface area contributed by atoms with Gasteiger partial charge in [-0.1, -0.05) is 64.0 Å². The summed E-state index contributed by atoms with van der Waals surface area (Å²) in [5.74, 6) is -0.144. The molecule has 33 heavy (non-hydrogen) atoms. The van der Waals surface area contributed by atoms with E-state index in [-0.39, 0.29) is 17.6 Å². The van der Waals surface area contributed by atoms with Crippen LogP contribution in [0.5, 0.6) is 5.88 Å². The highest BCUT2D eigenvalue weighted by Crippen LogP contribution is 2.48. The molecule has 0 bridgehead atoms. The quantitative estimate of drug-likeness (QED) is 0.467. The number of halogens is 4. The molecule has 2 unspecified atom stereocenters. The molecule has 2 heterocycles. The first-order chi connectivity index (χ1) is 15.8. The van der Waals surface area contributed by atoms with E-state index in [1.165, 1.54) is 13.2 Å². The van der Waals surface area contributed by atoms with Crippen molar-refractivity contribution in [3.05, 3.63) is 76.2 Å². The van der Waals surface area contributed by atoms with Gasteiger partial charge in [-0.15, -0.1) is 11.6 Å². The molecule has 2 aliphatic rings. The molecule has 1 amide bonds. The van der Waals surface area contributed by atoms with Crippen molar-refractivity contribution in [1.29, 1.82) is 0 Å². The first-order valence-electron chi connectivity index (χ1n) is 10.5. The molecule has 174 valence electrons. The smallest absolute Gasteiger partial charge is 0.220 e. The van der Waals surface area contributed by atoms with Crippen molar-refractivity contribution < 1.29 is 13.9 Å². The molecular weight excluding hydrogens is 532 g/mol. The lowest BCUT2D eigenvalue weighted by Crippen LogP contribution is -2.35. The van der Waals surface area contributed by atoms with Crippen molar-refractivity contribution in [1.82, 2.24) is 15.6 Å². The summed E-state index contributed by atoms with van der Waals surface area (Å²) in [7, 11) is 1.50. The summed E-state index contributed by atoms with van der Waals surface area (Å²) in [6.07, 6.45) is 6.77. The van der Waals surface area contributed by atoms with E-state index in [9.17, 15) is 4.79 Å². The number of nitrogens with zero attached hydrogens (tertiary/aromatic N) is 1. The van der Waals surface area contributed by atoms with Crippen LogP contribution in [0, 0.1) is 5.82 Å². The van der Waals surface area contributed by atoms with Crippen molar-refractivity contribution in [3.63, 3.8) is 0 Å². The number of carbonyl (C=O) groups is 1. The summed E-state index contributed by atoms with van der Waals surface area (Å²) in [5, 5.41) is 6.02. The average molecular weight is 555 g/mol. The van der Waals surface area contributed by atoms with Crippen LogP contribution in [0.2, 0.25) is 5.02 Å². The lowest BCUT2D eigenvalue weighted by molar-refractivity contribution is -0.119. The third-order valence-electron chi connectivity index (χ3n) is 5.80. The van der Waals surface area contributed by atoms with Crippen molar-refractivity contribution in [3.8, 4) is 5.88 Å². The van der Waals surface area contributed by atoms with E-state index in [1.54, 1.807) is 12.1 Å². The number of carbonyl (C=O) groups excluding carboxylic acids is 1. The Morgan fingerprint density at radius 3 is 2.88 bits per heavy atom. The number of pyridine rings is 1. The molecule has 2 aromatic rings. The van der Waals surface area contributed by atoms with Gasteiger partial charge in [0, 0.05) is 36.1 Å². The van der Waals surface area contributed by atoms with Gasteiger partial charge in [0.1, 0.15) is 15.8 Å². The number of amides is 1. The molecule has 3 atom stereocenters. The van der Waals surface area contributed by atoms with Crippen molar-refractivity contribution in [2.75, 3.05) is 13.7 Å². The summed E-state index contributed by atoms with van der Waals surface area (Å²) in [6.45, 7) is 0.930. The molecule has 9 heteroatoms. The van der Waals surface area contributed by atoms with E-state index in [1.807, 2.05) is 30.4 Å². The van der Waals surface area contributed by atoms with E-state index >= 15 is 4.39 Å². The van der Waals surface area contributed by atoms with Gasteiger partial charge in [-0.25, -0.2) is 9.37 Å². The lowest BCUT2D eigenvalue weighted by atomic mass is 9.86. The summed E-state index contributed by atoms with van der Waals surface area (Å²) in [5.41, 5.74) is 2.23. The second kappa shape index (κ2) is 10.1. The van der Waals surface area contributed by atoms with E-state index in [0.29, 0.717) is 36.0 Å². The van der Waals surface area contributed by atoms with Gasteiger partial charge in [-0.05, 0) is 29.7 Å². The Morgan fingerprint density at radius 2 is 2.18 bits per heavy atom. The van der Waals surface area contributed by atoms with E-state index in [4.69, 9.17) is 27.9 Å². The summed E-state index contributed by atoms with van der Waals surface area (Å²) >= 11 is 16.9. The maximum absolute atomic E-state index is 15.4. The number of hydrogen-bond acceptors (Lipinski definition) is 4. The van der Waals surface area contributed by atoms with Crippen LogP contribution in [-0.4, -0.2) is 36.0 Å². The zero-order chi connectivity index (χ0) is 23.6. The number of aromatic nitrogens is 1. The zero-order valence-corrected chi connectivity index (χ0v) is 21.0. The van der Waals surface area contributed by atoms with E-state index in [0.717, 1.165) is 17.6 Å². The minimum absolute atomic E-state index is 0.0560. The van der Waals surface area contributed by atoms with Gasteiger partial charge in [0.15, 0.2) is 0 Å². The first-order valence-corrected chi connectivity index (χ1v) is 12.2. The molecule has 2 N–H and O–H groups in total. The van der Waals surface area contributed by atoms with Gasteiger partial charge in [0.2, 0.25) is 11.8 Å². The number of alkyl halides is 2. The maximum atomic E-state index is 15.4. The number of allylic oxidation sites excluding steroid dienone is 4. The Balaban J connectivity index is 1.58. The van der Waals surface area contributed by atoms with Gasteiger partial charge >= 0.3 is 0 Å². The number of nitrogens with one attached hydrogen (secondary N) is 2. The topological polar surface area (TPSA) is 63.2 Å². The summed E-state index contributed by atoms with van der Waals surface area (Å²) < 4.78 is 19.8. The molecule has 0 saturated carbocycles. The van der Waals surface area contributed by atoms with Crippen LogP contribution in [0.15, 0.2) is 48.6 Å². The van der Waals surface area contributed by atoms with Crippen molar-refractivity contribution in [2.24, 2.45) is 0 Å². The highest BCUT2D eigenvalue weighted by atomic mass is 79.9. The molecule has 4 rings (SSSR count). The van der Waals surface area contributed by atoms with Gasteiger partial charge in [-0.2, -0.15) is 0 Å². The van der Waals surface area contributed by atoms with E-state index < -0.39 is 15.5 Å². The van der Waals surface area contributed by atoms with Crippen LogP contribution in [0.4, 0.5) is 4.39 Å². The molecule has 1 aromatic carbocycles. The Morgan fingerprint density at radius 1 is 1.39 bits per heavy atom. The average Bonchev–Trinajstić information content (AvgIpc) is 3.21. The molecular formula is C24H23BrCl2FN3O2. The van der Waals surface area contributed by atoms with Crippen molar-refractivity contribution in [2.45, 2.75) is 35.1 Å². The van der Waals surface area contributed by atoms with Gasteiger partial charge in [0.05, 0.1) is 12.5 Å². The fourth-order valence-electron chi connectivity index (χ4n) is 4.10. The third-order valence-corrected chi connectivity index (χ3v) is 8.07. The Labute approximate surface area is 210 Å². The fourth-order valence-corrected chi connectivity index (χ4v) is 5.39. The van der Waals surface area contributed by atoms with Gasteiger partial charge in [0.25, 0.3) is 0 Å². The number of rotatable bonds is 7. The monoisotopic (exact) mass is 553 g/mol. The largest absolute Gasteiger partial charge is 0.481 e. The van der Waals surface area contributed by atoms with E-state index in [2.05, 4.69) is 31.5 Å². The van der Waals surface area contributed by atoms with Crippen LogP contribution in [0.1, 0.15) is 29.7 Å². The lowest BCUT2D eigenvalue weighted by Gasteiger charge is -2.33. The number of methoxy groups -OCH3 is 1. The number of ether oxygens (including phenoxy) is 1. The molecule has 1 aliphatic heterocycles. The third kappa shape index (κ3) is 4.97. The first kappa shape index (κ1) is 24.2. The van der Waals surface area contributed by atoms with Crippen LogP contribution < -0.4 is 15.4 Å². The van der Waals surface area contributed by atoms with Crippen LogP contribution in [0.25, 0.3) is 5.57 Å². The van der Waals surface area contributed by atoms with Crippen molar-refractivity contribution >= 4 is 50.6 Å². The molecule has 5 nitrogen and oxygen atoms in total. The summed E-state index contributed by atoms with van der Waals surface area (Å²) in [4.78, 5) is 15.9. The minimum Gasteiger partial charge on any atom is -0.481 e. The Bertz CT molecular complexity index is 1130. The number of hydrogen-bond donors (Lipinski definition) is 2. The second-order valence-electron chi connectivity index (χ2n) is 8.01. The van der Waals surface area contributed by atoms with Crippen LogP contribution in [-0.2, 0) is 15.7 Å². The molecule has 1 fully saturated rings. The second-order valence-corrected chi connectivity index (χ2v) is 10.2. The number of benzene rings is 1. The molecule has 0 radical (unpaired) electrons. The highest BCUT2D eigenvalue weighted by molar-refractivity contribution is 9.09. The van der Waals surface area contributed by atoms with Crippen LogP contribution in [0.3, 0.4) is 0 Å². The highest BCUT2D eigenvalue weighted by Gasteiger charge is 2.43. The minimum atomic E-state index is -1.10. The van der Waals surface area contributed by atoms with Crippen LogP contribution >= 0.6 is 39.1 Å². The van der Waals surface area contributed by atoms with Gasteiger partial charge in [-0.3, -0.25) is 4.79 Å². The Hall–Kier alpha value is -1.93. The zero-order valence-electron chi connectivity index (χ0n) is 17.9. The standard InChI is InChI=1S/C24H23BrCl2FN3O2/c1-33-23-14(12-29-13-15-8-9-20(32)30-15)11-19(28)22(31-23)24(25)10-4-6-17(21(24)27)16-5-2-3-7-18(16)26/h2-7,10-11,15,21,29H,8-9,12-13H2,1H3,(H,30,32)/t15-,21?,24?/m0/s1. The normalized spacial score (nSPS) is 24.5.